The molecule has 0 unspecified atom stereocenters. The number of carbonyl (C=O) groups excluding carboxylic acids is 2. The molecule has 1 N–H and O–H groups in total. The second kappa shape index (κ2) is 8.76. The van der Waals surface area contributed by atoms with Crippen molar-refractivity contribution < 1.29 is 14.3 Å². The van der Waals surface area contributed by atoms with E-state index in [4.69, 9.17) is 0 Å². The van der Waals surface area contributed by atoms with Gasteiger partial charge in [0.2, 0.25) is 5.91 Å². The van der Waals surface area contributed by atoms with Gasteiger partial charge in [-0.3, -0.25) is 4.79 Å². The van der Waals surface area contributed by atoms with Gasteiger partial charge in [0.25, 0.3) is 0 Å². The molecule has 0 atom stereocenters. The van der Waals surface area contributed by atoms with Gasteiger partial charge in [-0.05, 0) is 55.8 Å². The molecule has 0 saturated heterocycles. The Morgan fingerprint density at radius 1 is 1.17 bits per heavy atom. The number of hydrogen-bond donors (Lipinski definition) is 1. The SMILES string of the molecule is COC(=O)c1ccc(NC(=O)CSc2nc3c(C)cc(C)cc3cc2C#N)cc1. The smallest absolute Gasteiger partial charge is 0.337 e. The van der Waals surface area contributed by atoms with E-state index in [-0.39, 0.29) is 11.7 Å². The van der Waals surface area contributed by atoms with Crippen molar-refractivity contribution in [3.8, 4) is 6.07 Å². The number of benzene rings is 2. The van der Waals surface area contributed by atoms with Gasteiger partial charge >= 0.3 is 5.97 Å². The first-order chi connectivity index (χ1) is 13.9. The highest BCUT2D eigenvalue weighted by Gasteiger charge is 2.12. The van der Waals surface area contributed by atoms with Gasteiger partial charge in [0.1, 0.15) is 11.1 Å². The fourth-order valence-electron chi connectivity index (χ4n) is 2.96. The van der Waals surface area contributed by atoms with E-state index in [1.54, 1.807) is 24.3 Å². The number of thioether (sulfide) groups is 1. The van der Waals surface area contributed by atoms with Crippen molar-refractivity contribution in [2.45, 2.75) is 18.9 Å². The minimum atomic E-state index is -0.435. The number of pyridine rings is 1. The largest absolute Gasteiger partial charge is 0.465 e. The Labute approximate surface area is 172 Å². The summed E-state index contributed by atoms with van der Waals surface area (Å²) in [6.45, 7) is 3.98. The van der Waals surface area contributed by atoms with Crippen LogP contribution in [0, 0.1) is 25.2 Å². The first kappa shape index (κ1) is 20.4. The molecule has 0 bridgehead atoms. The zero-order valence-corrected chi connectivity index (χ0v) is 17.1. The number of nitrogens with zero attached hydrogens (tertiary/aromatic N) is 2. The minimum absolute atomic E-state index is 0.108. The third kappa shape index (κ3) is 4.73. The molecule has 0 spiro atoms. The molecule has 0 radical (unpaired) electrons. The lowest BCUT2D eigenvalue weighted by Gasteiger charge is -2.09. The van der Waals surface area contributed by atoms with Gasteiger partial charge in [0.05, 0.1) is 29.5 Å². The summed E-state index contributed by atoms with van der Waals surface area (Å²) in [6.07, 6.45) is 0. The van der Waals surface area contributed by atoms with Crippen LogP contribution in [0.3, 0.4) is 0 Å². The molecule has 1 amide bonds. The fourth-order valence-corrected chi connectivity index (χ4v) is 3.72. The zero-order valence-electron chi connectivity index (χ0n) is 16.3. The summed E-state index contributed by atoms with van der Waals surface area (Å²) in [5.41, 5.74) is 4.39. The van der Waals surface area contributed by atoms with Crippen molar-refractivity contribution in [3.63, 3.8) is 0 Å². The number of anilines is 1. The summed E-state index contributed by atoms with van der Waals surface area (Å²) >= 11 is 1.22. The number of carbonyl (C=O) groups is 2. The van der Waals surface area contributed by atoms with Gasteiger partial charge in [-0.15, -0.1) is 0 Å². The average molecular weight is 405 g/mol. The molecule has 0 aliphatic heterocycles. The Morgan fingerprint density at radius 2 is 1.90 bits per heavy atom. The minimum Gasteiger partial charge on any atom is -0.465 e. The molecule has 2 aromatic carbocycles. The first-order valence-corrected chi connectivity index (χ1v) is 9.83. The molecule has 0 fully saturated rings. The maximum Gasteiger partial charge on any atom is 0.337 e. The van der Waals surface area contributed by atoms with Crippen molar-refractivity contribution in [2.75, 3.05) is 18.2 Å². The number of amides is 1. The van der Waals surface area contributed by atoms with Crippen molar-refractivity contribution in [1.82, 2.24) is 4.98 Å². The van der Waals surface area contributed by atoms with Crippen LogP contribution in [0.5, 0.6) is 0 Å². The normalized spacial score (nSPS) is 10.4. The van der Waals surface area contributed by atoms with E-state index in [1.807, 2.05) is 32.0 Å². The molecule has 3 rings (SSSR count). The van der Waals surface area contributed by atoms with Crippen LogP contribution in [-0.4, -0.2) is 29.7 Å². The van der Waals surface area contributed by atoms with Crippen LogP contribution in [0.2, 0.25) is 0 Å². The molecule has 6 nitrogen and oxygen atoms in total. The standard InChI is InChI=1S/C22H19N3O3S/c1-13-8-14(2)20-16(9-13)10-17(11-23)21(25-20)29-12-19(26)24-18-6-4-15(5-7-18)22(27)28-3/h4-10H,12H2,1-3H3,(H,24,26). The van der Waals surface area contributed by atoms with Gasteiger partial charge < -0.3 is 10.1 Å². The summed E-state index contributed by atoms with van der Waals surface area (Å²) < 4.78 is 4.65. The highest BCUT2D eigenvalue weighted by Crippen LogP contribution is 2.27. The van der Waals surface area contributed by atoms with Crippen LogP contribution in [0.1, 0.15) is 27.0 Å². The van der Waals surface area contributed by atoms with E-state index in [1.165, 1.54) is 18.9 Å². The fraction of sp³-hybridized carbons (Fsp3) is 0.182. The molecule has 1 heterocycles. The van der Waals surface area contributed by atoms with E-state index in [2.05, 4.69) is 21.1 Å². The number of nitrogens with one attached hydrogen (secondary N) is 1. The molecule has 7 heteroatoms. The third-order valence-corrected chi connectivity index (χ3v) is 5.26. The van der Waals surface area contributed by atoms with Crippen molar-refractivity contribution in [1.29, 1.82) is 5.26 Å². The summed E-state index contributed by atoms with van der Waals surface area (Å²) in [6, 6.07) is 14.4. The van der Waals surface area contributed by atoms with Crippen LogP contribution in [0.4, 0.5) is 5.69 Å². The lowest BCUT2D eigenvalue weighted by atomic mass is 10.1. The Hall–Kier alpha value is -3.37. The molecular formula is C22H19N3O3S. The van der Waals surface area contributed by atoms with E-state index < -0.39 is 5.97 Å². The van der Waals surface area contributed by atoms with Gasteiger partial charge in [-0.25, -0.2) is 9.78 Å². The third-order valence-electron chi connectivity index (χ3n) is 4.27. The number of hydrogen-bond acceptors (Lipinski definition) is 6. The summed E-state index contributed by atoms with van der Waals surface area (Å²) in [5, 5.41) is 13.7. The number of aromatic nitrogens is 1. The van der Waals surface area contributed by atoms with Gasteiger partial charge in [-0.1, -0.05) is 23.4 Å². The first-order valence-electron chi connectivity index (χ1n) is 8.84. The molecule has 146 valence electrons. The highest BCUT2D eigenvalue weighted by molar-refractivity contribution is 8.00. The second-order valence-corrected chi connectivity index (χ2v) is 7.48. The van der Waals surface area contributed by atoms with Crippen molar-refractivity contribution in [3.05, 3.63) is 64.7 Å². The average Bonchev–Trinajstić information content (AvgIpc) is 2.71. The summed E-state index contributed by atoms with van der Waals surface area (Å²) in [4.78, 5) is 28.4. The van der Waals surface area contributed by atoms with Crippen molar-refractivity contribution >= 4 is 40.2 Å². The molecular weight excluding hydrogens is 386 g/mol. The molecule has 29 heavy (non-hydrogen) atoms. The second-order valence-electron chi connectivity index (χ2n) is 6.51. The summed E-state index contributed by atoms with van der Waals surface area (Å²) in [5.74, 6) is -0.556. The van der Waals surface area contributed by atoms with Crippen LogP contribution < -0.4 is 5.32 Å². The van der Waals surface area contributed by atoms with Gasteiger partial charge in [0.15, 0.2) is 0 Å². The maximum absolute atomic E-state index is 12.3. The van der Waals surface area contributed by atoms with E-state index in [9.17, 15) is 14.9 Å². The van der Waals surface area contributed by atoms with Crippen LogP contribution in [0.15, 0.2) is 47.5 Å². The lowest BCUT2D eigenvalue weighted by Crippen LogP contribution is -2.14. The number of rotatable bonds is 5. The lowest BCUT2D eigenvalue weighted by molar-refractivity contribution is -0.113. The summed E-state index contributed by atoms with van der Waals surface area (Å²) in [7, 11) is 1.31. The van der Waals surface area contributed by atoms with Crippen molar-refractivity contribution in [2.24, 2.45) is 0 Å². The number of fused-ring (bicyclic) bond motifs is 1. The Kier molecular flexibility index (Phi) is 6.15. The molecule has 1 aromatic heterocycles. The molecule has 3 aromatic rings. The Morgan fingerprint density at radius 3 is 2.55 bits per heavy atom. The number of methoxy groups -OCH3 is 1. The number of esters is 1. The van der Waals surface area contributed by atoms with Gasteiger partial charge in [-0.2, -0.15) is 5.26 Å². The van der Waals surface area contributed by atoms with E-state index in [0.29, 0.717) is 21.8 Å². The molecule has 0 aliphatic carbocycles. The van der Waals surface area contributed by atoms with Gasteiger partial charge in [0, 0.05) is 11.1 Å². The predicted octanol–water partition coefficient (Wildman–Crippen LogP) is 4.24. The quantitative estimate of drug-likeness (QED) is 0.504. The maximum atomic E-state index is 12.3. The Bertz CT molecular complexity index is 1130. The van der Waals surface area contributed by atoms with E-state index >= 15 is 0 Å². The van der Waals surface area contributed by atoms with Crippen LogP contribution in [0.25, 0.3) is 10.9 Å². The number of ether oxygens (including phenoxy) is 1. The monoisotopic (exact) mass is 405 g/mol. The molecule has 0 saturated carbocycles. The number of nitriles is 1. The van der Waals surface area contributed by atoms with E-state index in [0.717, 1.165) is 22.0 Å². The number of aryl methyl sites for hydroxylation is 2. The highest BCUT2D eigenvalue weighted by atomic mass is 32.2. The Balaban J connectivity index is 1.72. The zero-order chi connectivity index (χ0) is 21.0. The molecule has 0 aliphatic rings. The van der Waals surface area contributed by atoms with Crippen LogP contribution >= 0.6 is 11.8 Å². The van der Waals surface area contributed by atoms with Crippen LogP contribution in [-0.2, 0) is 9.53 Å². The topological polar surface area (TPSA) is 92.1 Å². The predicted molar refractivity (Wildman–Crippen MR) is 113 cm³/mol.